The molecule has 0 radical (unpaired) electrons. The molecule has 0 aliphatic carbocycles. The summed E-state index contributed by atoms with van der Waals surface area (Å²) in [6.07, 6.45) is -4.71. The smallest absolute Gasteiger partial charge is 0.406 e. The van der Waals surface area contributed by atoms with Crippen LogP contribution in [-0.2, 0) is 0 Å². The molecule has 3 rings (SSSR count). The van der Waals surface area contributed by atoms with Gasteiger partial charge in [-0.05, 0) is 42.8 Å². The number of fused-ring (bicyclic) bond motifs is 1. The van der Waals surface area contributed by atoms with Gasteiger partial charge in [0.15, 0.2) is 0 Å². The molecule has 0 amide bonds. The van der Waals surface area contributed by atoms with Crippen LogP contribution in [0.4, 0.5) is 13.2 Å². The molecule has 6 heteroatoms. The highest BCUT2D eigenvalue weighted by atomic mass is 19.4. The van der Waals surface area contributed by atoms with E-state index in [1.807, 2.05) is 24.3 Å². The van der Waals surface area contributed by atoms with Crippen LogP contribution in [0.25, 0.3) is 22.4 Å². The molecule has 21 heavy (non-hydrogen) atoms. The second kappa shape index (κ2) is 4.80. The van der Waals surface area contributed by atoms with E-state index in [1.165, 1.54) is 12.1 Å². The lowest BCUT2D eigenvalue weighted by Gasteiger charge is -2.10. The zero-order valence-electron chi connectivity index (χ0n) is 11.0. The Balaban J connectivity index is 2.05. The molecule has 108 valence electrons. The monoisotopic (exact) mass is 292 g/mol. The highest BCUT2D eigenvalue weighted by molar-refractivity contribution is 5.79. The molecule has 0 saturated carbocycles. The van der Waals surface area contributed by atoms with Crippen molar-refractivity contribution >= 4 is 11.0 Å². The molecule has 0 unspecified atom stereocenters. The van der Waals surface area contributed by atoms with Gasteiger partial charge in [-0.15, -0.1) is 13.2 Å². The number of aromatic nitrogens is 2. The van der Waals surface area contributed by atoms with Crippen molar-refractivity contribution in [2.75, 3.05) is 0 Å². The van der Waals surface area contributed by atoms with Crippen LogP contribution >= 0.6 is 0 Å². The first-order valence-corrected chi connectivity index (χ1v) is 6.23. The second-order valence-corrected chi connectivity index (χ2v) is 4.69. The Morgan fingerprint density at radius 2 is 1.86 bits per heavy atom. The van der Waals surface area contributed by atoms with Crippen LogP contribution in [0.2, 0.25) is 0 Å². The van der Waals surface area contributed by atoms with Crippen LogP contribution < -0.4 is 4.74 Å². The van der Waals surface area contributed by atoms with E-state index in [9.17, 15) is 13.2 Å². The van der Waals surface area contributed by atoms with E-state index in [2.05, 4.69) is 14.7 Å². The van der Waals surface area contributed by atoms with E-state index >= 15 is 0 Å². The number of hydrogen-bond acceptors (Lipinski definition) is 2. The zero-order chi connectivity index (χ0) is 15.0. The van der Waals surface area contributed by atoms with Crippen molar-refractivity contribution in [3.8, 4) is 17.1 Å². The number of benzene rings is 2. The molecule has 0 bridgehead atoms. The van der Waals surface area contributed by atoms with Crippen molar-refractivity contribution in [3.05, 3.63) is 48.0 Å². The normalized spacial score (nSPS) is 11.8. The quantitative estimate of drug-likeness (QED) is 0.758. The molecule has 0 fully saturated rings. The number of halogens is 3. The standard InChI is InChI=1S/C15H11F3N2O/c1-9-6-10(8-11(7-9)21-15(16,17)18)14-19-12-4-2-3-5-13(12)20-14/h2-8H,1H3,(H,19,20). The zero-order valence-corrected chi connectivity index (χ0v) is 11.0. The van der Waals surface area contributed by atoms with E-state index < -0.39 is 6.36 Å². The number of aryl methyl sites for hydroxylation is 1. The van der Waals surface area contributed by atoms with Gasteiger partial charge in [-0.3, -0.25) is 0 Å². The fraction of sp³-hybridized carbons (Fsp3) is 0.133. The molecule has 0 spiro atoms. The first-order chi connectivity index (χ1) is 9.90. The average molecular weight is 292 g/mol. The number of imidazole rings is 1. The van der Waals surface area contributed by atoms with E-state index in [0.29, 0.717) is 17.0 Å². The SMILES string of the molecule is Cc1cc(OC(F)(F)F)cc(-c2nc3ccccc3[nH]2)c1. The fourth-order valence-electron chi connectivity index (χ4n) is 2.17. The van der Waals surface area contributed by atoms with Gasteiger partial charge < -0.3 is 9.72 Å². The third-order valence-electron chi connectivity index (χ3n) is 2.95. The molecule has 3 nitrogen and oxygen atoms in total. The minimum Gasteiger partial charge on any atom is -0.406 e. The summed E-state index contributed by atoms with van der Waals surface area (Å²) in [7, 11) is 0. The summed E-state index contributed by atoms with van der Waals surface area (Å²) < 4.78 is 41.0. The summed E-state index contributed by atoms with van der Waals surface area (Å²) in [6.45, 7) is 1.70. The minimum absolute atomic E-state index is 0.252. The van der Waals surface area contributed by atoms with Crippen molar-refractivity contribution in [3.63, 3.8) is 0 Å². The fourth-order valence-corrected chi connectivity index (χ4v) is 2.17. The van der Waals surface area contributed by atoms with Crippen molar-refractivity contribution in [2.45, 2.75) is 13.3 Å². The van der Waals surface area contributed by atoms with Gasteiger partial charge in [-0.25, -0.2) is 4.98 Å². The molecular weight excluding hydrogens is 281 g/mol. The first kappa shape index (κ1) is 13.5. The molecule has 0 aliphatic rings. The highest BCUT2D eigenvalue weighted by Gasteiger charge is 2.31. The van der Waals surface area contributed by atoms with Gasteiger partial charge in [0.05, 0.1) is 11.0 Å². The van der Waals surface area contributed by atoms with Crippen molar-refractivity contribution in [1.82, 2.24) is 9.97 Å². The lowest BCUT2D eigenvalue weighted by atomic mass is 10.1. The molecule has 3 aromatic rings. The molecule has 1 N–H and O–H groups in total. The van der Waals surface area contributed by atoms with E-state index in [0.717, 1.165) is 11.0 Å². The van der Waals surface area contributed by atoms with E-state index in [4.69, 9.17) is 0 Å². The van der Waals surface area contributed by atoms with Gasteiger partial charge in [0.1, 0.15) is 11.6 Å². The Morgan fingerprint density at radius 3 is 2.57 bits per heavy atom. The van der Waals surface area contributed by atoms with Crippen molar-refractivity contribution < 1.29 is 17.9 Å². The average Bonchev–Trinajstić information content (AvgIpc) is 2.79. The predicted molar refractivity (Wildman–Crippen MR) is 72.9 cm³/mol. The first-order valence-electron chi connectivity index (χ1n) is 6.23. The van der Waals surface area contributed by atoms with Gasteiger partial charge in [0.25, 0.3) is 0 Å². The number of H-pyrrole nitrogens is 1. The second-order valence-electron chi connectivity index (χ2n) is 4.69. The summed E-state index contributed by atoms with van der Waals surface area (Å²) in [6, 6.07) is 11.8. The van der Waals surface area contributed by atoms with Crippen molar-refractivity contribution in [2.24, 2.45) is 0 Å². The number of para-hydroxylation sites is 2. The Hall–Kier alpha value is -2.50. The largest absolute Gasteiger partial charge is 0.573 e. The summed E-state index contributed by atoms with van der Waals surface area (Å²) in [5.41, 5.74) is 2.79. The summed E-state index contributed by atoms with van der Waals surface area (Å²) >= 11 is 0. The molecular formula is C15H11F3N2O. The Morgan fingerprint density at radius 1 is 1.10 bits per heavy atom. The third-order valence-corrected chi connectivity index (χ3v) is 2.95. The number of nitrogens with zero attached hydrogens (tertiary/aromatic N) is 1. The van der Waals surface area contributed by atoms with Crippen LogP contribution in [0.3, 0.4) is 0 Å². The maximum absolute atomic E-state index is 12.3. The van der Waals surface area contributed by atoms with Gasteiger partial charge in [-0.1, -0.05) is 12.1 Å². The Labute approximate surface area is 118 Å². The van der Waals surface area contributed by atoms with Crippen LogP contribution in [0.15, 0.2) is 42.5 Å². The Kier molecular flexibility index (Phi) is 3.08. The number of nitrogens with one attached hydrogen (secondary N) is 1. The number of alkyl halides is 3. The highest BCUT2D eigenvalue weighted by Crippen LogP contribution is 2.29. The summed E-state index contributed by atoms with van der Waals surface area (Å²) in [5.74, 6) is 0.255. The lowest BCUT2D eigenvalue weighted by molar-refractivity contribution is -0.274. The Bertz CT molecular complexity index is 760. The van der Waals surface area contributed by atoms with Crippen molar-refractivity contribution in [1.29, 1.82) is 0 Å². The topological polar surface area (TPSA) is 37.9 Å². The number of hydrogen-bond donors (Lipinski definition) is 1. The van der Waals surface area contributed by atoms with Gasteiger partial charge in [-0.2, -0.15) is 0 Å². The molecule has 1 heterocycles. The number of rotatable bonds is 2. The third kappa shape index (κ3) is 2.99. The predicted octanol–water partition coefficient (Wildman–Crippen LogP) is 4.44. The molecule has 0 atom stereocenters. The maximum atomic E-state index is 12.3. The lowest BCUT2D eigenvalue weighted by Crippen LogP contribution is -2.17. The summed E-state index contributed by atoms with van der Waals surface area (Å²) in [4.78, 5) is 7.45. The van der Waals surface area contributed by atoms with Crippen LogP contribution in [-0.4, -0.2) is 16.3 Å². The molecule has 1 aromatic heterocycles. The van der Waals surface area contributed by atoms with Crippen LogP contribution in [0.1, 0.15) is 5.56 Å². The molecule has 0 saturated heterocycles. The van der Waals surface area contributed by atoms with Gasteiger partial charge in [0, 0.05) is 5.56 Å². The van der Waals surface area contributed by atoms with Gasteiger partial charge in [0.2, 0.25) is 0 Å². The van der Waals surface area contributed by atoms with E-state index in [-0.39, 0.29) is 5.75 Å². The number of ether oxygens (including phenoxy) is 1. The van der Waals surface area contributed by atoms with Crippen LogP contribution in [0, 0.1) is 6.92 Å². The van der Waals surface area contributed by atoms with E-state index in [1.54, 1.807) is 13.0 Å². The summed E-state index contributed by atoms with van der Waals surface area (Å²) in [5, 5.41) is 0. The van der Waals surface area contributed by atoms with Crippen LogP contribution in [0.5, 0.6) is 5.75 Å². The minimum atomic E-state index is -4.71. The molecule has 0 aliphatic heterocycles. The number of aromatic amines is 1. The molecule has 2 aromatic carbocycles. The maximum Gasteiger partial charge on any atom is 0.573 e. The van der Waals surface area contributed by atoms with Gasteiger partial charge >= 0.3 is 6.36 Å².